The van der Waals surface area contributed by atoms with E-state index in [1.807, 2.05) is 78.6 Å². The van der Waals surface area contributed by atoms with Gasteiger partial charge in [0.25, 0.3) is 5.56 Å². The average Bonchev–Trinajstić information content (AvgIpc) is 3.50. The van der Waals surface area contributed by atoms with Crippen molar-refractivity contribution in [2.75, 3.05) is 5.75 Å². The fourth-order valence-corrected chi connectivity index (χ4v) is 5.50. The van der Waals surface area contributed by atoms with Crippen LogP contribution in [-0.2, 0) is 6.61 Å². The van der Waals surface area contributed by atoms with E-state index >= 15 is 0 Å². The summed E-state index contributed by atoms with van der Waals surface area (Å²) >= 11 is 1.86. The summed E-state index contributed by atoms with van der Waals surface area (Å²) in [5, 5.41) is 15.5. The zero-order valence-electron chi connectivity index (χ0n) is 24.1. The highest BCUT2D eigenvalue weighted by molar-refractivity contribution is 7.99. The lowest BCUT2D eigenvalue weighted by Gasteiger charge is -2.08. The van der Waals surface area contributed by atoms with E-state index in [0.717, 1.165) is 34.7 Å². The highest BCUT2D eigenvalue weighted by Gasteiger charge is 2.15. The highest BCUT2D eigenvalue weighted by atomic mass is 32.2. The minimum atomic E-state index is -0.297. The number of benzene rings is 4. The largest absolute Gasteiger partial charge is 0.489 e. The van der Waals surface area contributed by atoms with Crippen LogP contribution in [0.25, 0.3) is 39.5 Å². The molecule has 216 valence electrons. The van der Waals surface area contributed by atoms with Crippen LogP contribution >= 0.6 is 11.8 Å². The van der Waals surface area contributed by atoms with Crippen molar-refractivity contribution in [1.82, 2.24) is 19.7 Å². The summed E-state index contributed by atoms with van der Waals surface area (Å²) < 4.78 is 7.84. The molecule has 7 nitrogen and oxygen atoms in total. The van der Waals surface area contributed by atoms with Crippen LogP contribution in [-0.4, -0.2) is 25.5 Å². The van der Waals surface area contributed by atoms with Crippen LogP contribution in [0.15, 0.2) is 119 Å². The lowest BCUT2D eigenvalue weighted by Crippen LogP contribution is -2.11. The number of hydrogen-bond acceptors (Lipinski definition) is 6. The molecule has 8 heteroatoms. The molecule has 1 N–H and O–H groups in total. The molecule has 0 aliphatic rings. The van der Waals surface area contributed by atoms with Crippen molar-refractivity contribution in [2.45, 2.75) is 24.8 Å². The predicted molar refractivity (Wildman–Crippen MR) is 177 cm³/mol. The van der Waals surface area contributed by atoms with Gasteiger partial charge in [-0.1, -0.05) is 49.4 Å². The molecule has 0 amide bonds. The molecule has 6 rings (SSSR count). The maximum Gasteiger partial charge on any atom is 0.259 e. The van der Waals surface area contributed by atoms with Gasteiger partial charge in [0.15, 0.2) is 5.82 Å². The molecule has 0 fully saturated rings. The average molecular weight is 596 g/mol. The highest BCUT2D eigenvalue weighted by Crippen LogP contribution is 2.29. The van der Waals surface area contributed by atoms with Gasteiger partial charge in [-0.25, -0.2) is 9.67 Å². The molecule has 0 unspecified atom stereocenters. The number of hydrogen-bond donors (Lipinski definition) is 1. The second-order valence-corrected chi connectivity index (χ2v) is 11.3. The third-order valence-corrected chi connectivity index (χ3v) is 8.20. The van der Waals surface area contributed by atoms with Crippen LogP contribution < -0.4 is 10.3 Å². The molecule has 0 saturated heterocycles. The van der Waals surface area contributed by atoms with Gasteiger partial charge in [0.1, 0.15) is 18.4 Å². The van der Waals surface area contributed by atoms with Gasteiger partial charge in [-0.2, -0.15) is 10.4 Å². The van der Waals surface area contributed by atoms with Gasteiger partial charge >= 0.3 is 0 Å². The smallest absolute Gasteiger partial charge is 0.259 e. The Balaban J connectivity index is 1.30. The fourth-order valence-electron chi connectivity index (χ4n) is 4.73. The van der Waals surface area contributed by atoms with E-state index in [-0.39, 0.29) is 17.0 Å². The van der Waals surface area contributed by atoms with Crippen molar-refractivity contribution < 1.29 is 4.74 Å². The Kier molecular flexibility index (Phi) is 8.67. The zero-order valence-corrected chi connectivity index (χ0v) is 24.9. The Bertz CT molecular complexity index is 2020. The van der Waals surface area contributed by atoms with Gasteiger partial charge in [0, 0.05) is 22.2 Å². The van der Waals surface area contributed by atoms with Gasteiger partial charge < -0.3 is 9.72 Å². The van der Waals surface area contributed by atoms with E-state index in [2.05, 4.69) is 47.2 Å². The van der Waals surface area contributed by atoms with Crippen molar-refractivity contribution in [2.24, 2.45) is 0 Å². The van der Waals surface area contributed by atoms with Crippen LogP contribution in [0.3, 0.4) is 0 Å². The summed E-state index contributed by atoms with van der Waals surface area (Å²) in [7, 11) is 0. The van der Waals surface area contributed by atoms with Gasteiger partial charge in [0.05, 0.1) is 27.9 Å². The second kappa shape index (κ2) is 13.3. The maximum absolute atomic E-state index is 12.7. The third kappa shape index (κ3) is 6.48. The Morgan fingerprint density at radius 1 is 0.977 bits per heavy atom. The maximum atomic E-state index is 12.7. The lowest BCUT2D eigenvalue weighted by molar-refractivity contribution is 0.306. The van der Waals surface area contributed by atoms with Crippen molar-refractivity contribution in [1.29, 1.82) is 5.26 Å². The van der Waals surface area contributed by atoms with Crippen molar-refractivity contribution in [3.63, 3.8) is 0 Å². The standard InChI is InChI=1S/C36H29N5O2S/c1-2-20-44-31-18-12-25(13-19-31)24-43-30-16-14-26(15-17-30)34-28(23-41(40-34)29-8-4-3-5-9-29)21-27(22-37)35-38-33-11-7-6-10-32(33)36(42)39-35/h3-19,21,23H,2,20,24H2,1H3,(H,38,39,42)/b27-21+. The minimum absolute atomic E-state index is 0.204. The van der Waals surface area contributed by atoms with Gasteiger partial charge in [0.2, 0.25) is 0 Å². The van der Waals surface area contributed by atoms with E-state index in [1.165, 1.54) is 4.90 Å². The van der Waals surface area contributed by atoms with Crippen LogP contribution in [0, 0.1) is 11.3 Å². The van der Waals surface area contributed by atoms with Crippen LogP contribution in [0.5, 0.6) is 5.75 Å². The number of ether oxygens (including phenoxy) is 1. The van der Waals surface area contributed by atoms with E-state index in [4.69, 9.17) is 9.84 Å². The number of aromatic amines is 1. The molecule has 2 heterocycles. The number of rotatable bonds is 10. The SMILES string of the molecule is CCCSc1ccc(COc2ccc(-c3nn(-c4ccccc4)cc3/C=C(\C#N)c3nc4ccccc4c(=O)[nH]3)cc2)cc1. The number of H-pyrrole nitrogens is 1. The summed E-state index contributed by atoms with van der Waals surface area (Å²) in [6, 6.07) is 35.3. The van der Waals surface area contributed by atoms with Crippen molar-refractivity contribution in [3.05, 3.63) is 137 Å². The quantitative estimate of drug-likeness (QED) is 0.128. The number of thioether (sulfide) groups is 1. The second-order valence-electron chi connectivity index (χ2n) is 10.1. The molecule has 0 radical (unpaired) electrons. The van der Waals surface area contributed by atoms with Gasteiger partial charge in [-0.3, -0.25) is 4.79 Å². The molecule has 2 aromatic heterocycles. The normalized spacial score (nSPS) is 11.4. The summed E-state index contributed by atoms with van der Waals surface area (Å²) in [6.45, 7) is 2.65. The van der Waals surface area contributed by atoms with Gasteiger partial charge in [-0.05, 0) is 84.5 Å². The molecule has 44 heavy (non-hydrogen) atoms. The number of nitrogens with one attached hydrogen (secondary N) is 1. The first-order valence-electron chi connectivity index (χ1n) is 14.3. The molecule has 6 aromatic rings. The molecule has 4 aromatic carbocycles. The number of nitrogens with zero attached hydrogens (tertiary/aromatic N) is 4. The summed E-state index contributed by atoms with van der Waals surface area (Å²) in [6.07, 6.45) is 4.73. The Morgan fingerprint density at radius 3 is 2.48 bits per heavy atom. The molecule has 0 aliphatic heterocycles. The summed E-state index contributed by atoms with van der Waals surface area (Å²) in [5.74, 6) is 2.06. The predicted octanol–water partition coefficient (Wildman–Crippen LogP) is 7.92. The van der Waals surface area contributed by atoms with Crippen molar-refractivity contribution in [3.8, 4) is 28.8 Å². The molecular formula is C36H29N5O2S. The first-order chi connectivity index (χ1) is 21.6. The van der Waals surface area contributed by atoms with Crippen molar-refractivity contribution >= 4 is 34.3 Å². The summed E-state index contributed by atoms with van der Waals surface area (Å²) in [5.41, 5.74) is 4.67. The third-order valence-electron chi connectivity index (χ3n) is 6.98. The first kappa shape index (κ1) is 28.7. The number of para-hydroxylation sites is 2. The molecule has 0 bridgehead atoms. The zero-order chi connectivity index (χ0) is 30.3. The van der Waals surface area contributed by atoms with Gasteiger partial charge in [-0.15, -0.1) is 11.8 Å². The molecule has 0 atom stereocenters. The fraction of sp³-hybridized carbons (Fsp3) is 0.111. The Morgan fingerprint density at radius 2 is 1.73 bits per heavy atom. The van der Waals surface area contributed by atoms with E-state index in [9.17, 15) is 10.1 Å². The molecule has 0 saturated carbocycles. The number of nitriles is 1. The first-order valence-corrected chi connectivity index (χ1v) is 15.3. The number of allylic oxidation sites excluding steroid dienone is 1. The minimum Gasteiger partial charge on any atom is -0.489 e. The lowest BCUT2D eigenvalue weighted by atomic mass is 10.1. The van der Waals surface area contributed by atoms with Crippen LogP contribution in [0.2, 0.25) is 0 Å². The summed E-state index contributed by atoms with van der Waals surface area (Å²) in [4.78, 5) is 21.3. The van der Waals surface area contributed by atoms with E-state index in [0.29, 0.717) is 28.8 Å². The van der Waals surface area contributed by atoms with Crippen LogP contribution in [0.1, 0.15) is 30.3 Å². The van der Waals surface area contributed by atoms with E-state index in [1.54, 1.807) is 29.0 Å². The number of fused-ring (bicyclic) bond motifs is 1. The van der Waals surface area contributed by atoms with Crippen LogP contribution in [0.4, 0.5) is 0 Å². The topological polar surface area (TPSA) is 96.6 Å². The monoisotopic (exact) mass is 595 g/mol. The molecule has 0 spiro atoms. The number of aromatic nitrogens is 4. The van der Waals surface area contributed by atoms with E-state index < -0.39 is 0 Å². The molecular weight excluding hydrogens is 566 g/mol. The molecule has 0 aliphatic carbocycles. The Labute approximate surface area is 259 Å². The Hall–Kier alpha value is -5.39.